The number of benzene rings is 1. The third-order valence-electron chi connectivity index (χ3n) is 4.40. The standard InChI is InChI=1S/C22H18N4O4S2/c1-2-30-16-5-8-18-19(12-16)32-22(24-18)25(14-15-4-3-11-23-13-15)20(27)9-6-17-7-10-21(31-17)26(28)29/h3-13H,2,14H2,1H3/b9-6+. The summed E-state index contributed by atoms with van der Waals surface area (Å²) in [4.78, 5) is 34.5. The Hall–Kier alpha value is -3.63. The summed E-state index contributed by atoms with van der Waals surface area (Å²) in [5.74, 6) is 0.466. The third kappa shape index (κ3) is 4.98. The van der Waals surface area contributed by atoms with Gasteiger partial charge in [0.15, 0.2) is 5.13 Å². The lowest BCUT2D eigenvalue weighted by Gasteiger charge is -2.18. The summed E-state index contributed by atoms with van der Waals surface area (Å²) in [5.41, 5.74) is 1.63. The van der Waals surface area contributed by atoms with E-state index in [0.717, 1.165) is 32.9 Å². The van der Waals surface area contributed by atoms with Gasteiger partial charge in [-0.3, -0.25) is 24.8 Å². The number of nitro groups is 1. The van der Waals surface area contributed by atoms with Crippen molar-refractivity contribution in [2.45, 2.75) is 13.5 Å². The Morgan fingerprint density at radius 3 is 2.84 bits per heavy atom. The zero-order chi connectivity index (χ0) is 22.5. The molecule has 1 amide bonds. The molecular weight excluding hydrogens is 448 g/mol. The molecule has 0 atom stereocenters. The summed E-state index contributed by atoms with van der Waals surface area (Å²) in [5, 5.41) is 11.5. The Balaban J connectivity index is 1.64. The lowest BCUT2D eigenvalue weighted by molar-refractivity contribution is -0.380. The molecule has 0 saturated heterocycles. The van der Waals surface area contributed by atoms with Gasteiger partial charge < -0.3 is 4.74 Å². The van der Waals surface area contributed by atoms with E-state index in [4.69, 9.17) is 4.74 Å². The molecule has 0 N–H and O–H groups in total. The summed E-state index contributed by atoms with van der Waals surface area (Å²) >= 11 is 2.41. The number of hydrogen-bond acceptors (Lipinski definition) is 8. The Kier molecular flexibility index (Phi) is 6.52. The van der Waals surface area contributed by atoms with E-state index in [0.29, 0.717) is 23.2 Å². The highest BCUT2D eigenvalue weighted by molar-refractivity contribution is 7.22. The van der Waals surface area contributed by atoms with Gasteiger partial charge in [0, 0.05) is 29.4 Å². The number of carbonyl (C=O) groups is 1. The Bertz CT molecular complexity index is 1280. The number of amides is 1. The van der Waals surface area contributed by atoms with Crippen LogP contribution in [0.5, 0.6) is 5.75 Å². The molecule has 0 unspecified atom stereocenters. The fourth-order valence-corrected chi connectivity index (χ4v) is 4.68. The quantitative estimate of drug-likeness (QED) is 0.198. The topological polar surface area (TPSA) is 98.5 Å². The van der Waals surface area contributed by atoms with Crippen LogP contribution in [-0.4, -0.2) is 27.4 Å². The molecule has 162 valence electrons. The predicted molar refractivity (Wildman–Crippen MR) is 126 cm³/mol. The summed E-state index contributed by atoms with van der Waals surface area (Å²) in [6.45, 7) is 2.78. The Labute approximate surface area is 191 Å². The van der Waals surface area contributed by atoms with Gasteiger partial charge in [0.05, 0.1) is 28.3 Å². The van der Waals surface area contributed by atoms with Gasteiger partial charge in [-0.15, -0.1) is 0 Å². The van der Waals surface area contributed by atoms with E-state index in [1.165, 1.54) is 23.5 Å². The molecule has 32 heavy (non-hydrogen) atoms. The maximum atomic E-state index is 13.1. The van der Waals surface area contributed by atoms with Gasteiger partial charge in [-0.05, 0) is 48.9 Å². The van der Waals surface area contributed by atoms with Crippen molar-refractivity contribution in [3.8, 4) is 5.75 Å². The molecule has 0 fully saturated rings. The zero-order valence-corrected chi connectivity index (χ0v) is 18.6. The first-order valence-electron chi connectivity index (χ1n) is 9.69. The first-order valence-corrected chi connectivity index (χ1v) is 11.3. The minimum absolute atomic E-state index is 0.0283. The number of hydrogen-bond donors (Lipinski definition) is 0. The van der Waals surface area contributed by atoms with Crippen molar-refractivity contribution in [3.05, 3.63) is 81.5 Å². The molecule has 0 spiro atoms. The van der Waals surface area contributed by atoms with Crippen LogP contribution in [0.3, 0.4) is 0 Å². The smallest absolute Gasteiger partial charge is 0.324 e. The van der Waals surface area contributed by atoms with Crippen LogP contribution in [0.4, 0.5) is 10.1 Å². The van der Waals surface area contributed by atoms with E-state index in [1.54, 1.807) is 29.4 Å². The number of thiophene rings is 1. The third-order valence-corrected chi connectivity index (χ3v) is 6.45. The van der Waals surface area contributed by atoms with Gasteiger partial charge in [-0.2, -0.15) is 0 Å². The van der Waals surface area contributed by atoms with Crippen molar-refractivity contribution in [3.63, 3.8) is 0 Å². The number of fused-ring (bicyclic) bond motifs is 1. The number of pyridine rings is 1. The van der Waals surface area contributed by atoms with Gasteiger partial charge in [0.25, 0.3) is 5.91 Å². The maximum absolute atomic E-state index is 13.1. The minimum Gasteiger partial charge on any atom is -0.494 e. The second kappa shape index (κ2) is 9.67. The summed E-state index contributed by atoms with van der Waals surface area (Å²) in [6, 6.07) is 12.4. The molecule has 0 aliphatic heterocycles. The molecule has 3 aromatic heterocycles. The molecule has 4 rings (SSSR count). The lowest BCUT2D eigenvalue weighted by atomic mass is 10.2. The van der Waals surface area contributed by atoms with Gasteiger partial charge >= 0.3 is 5.00 Å². The molecule has 8 nitrogen and oxygen atoms in total. The number of thiazole rings is 1. The SMILES string of the molecule is CCOc1ccc2nc(N(Cc3cccnc3)C(=O)/C=C/c3ccc([N+](=O)[O-])s3)sc2c1. The summed E-state index contributed by atoms with van der Waals surface area (Å²) in [6.07, 6.45) is 6.36. The summed E-state index contributed by atoms with van der Waals surface area (Å²) in [7, 11) is 0. The predicted octanol–water partition coefficient (Wildman–Crippen LogP) is 5.31. The van der Waals surface area contributed by atoms with Crippen molar-refractivity contribution in [1.82, 2.24) is 9.97 Å². The van der Waals surface area contributed by atoms with Crippen LogP contribution >= 0.6 is 22.7 Å². The molecule has 0 aliphatic rings. The highest BCUT2D eigenvalue weighted by Gasteiger charge is 2.19. The Morgan fingerprint density at radius 1 is 1.25 bits per heavy atom. The first-order chi connectivity index (χ1) is 15.5. The van der Waals surface area contributed by atoms with E-state index in [-0.39, 0.29) is 10.9 Å². The van der Waals surface area contributed by atoms with E-state index in [9.17, 15) is 14.9 Å². The largest absolute Gasteiger partial charge is 0.494 e. The molecule has 10 heteroatoms. The number of anilines is 1. The number of ether oxygens (including phenoxy) is 1. The first kappa shape index (κ1) is 21.6. The molecule has 0 saturated carbocycles. The lowest BCUT2D eigenvalue weighted by Crippen LogP contribution is -2.28. The van der Waals surface area contributed by atoms with E-state index in [1.807, 2.05) is 37.3 Å². The van der Waals surface area contributed by atoms with Crippen LogP contribution in [0.1, 0.15) is 17.4 Å². The number of nitrogens with zero attached hydrogens (tertiary/aromatic N) is 4. The second-order valence-corrected chi connectivity index (χ2v) is 8.71. The van der Waals surface area contributed by atoms with Crippen LogP contribution in [0, 0.1) is 10.1 Å². The molecule has 0 aliphatic carbocycles. The van der Waals surface area contributed by atoms with Gasteiger partial charge in [-0.1, -0.05) is 28.7 Å². The van der Waals surface area contributed by atoms with Crippen LogP contribution < -0.4 is 9.64 Å². The van der Waals surface area contributed by atoms with E-state index < -0.39 is 4.92 Å². The molecule has 4 aromatic rings. The van der Waals surface area contributed by atoms with Gasteiger partial charge in [0.1, 0.15) is 5.75 Å². The number of aromatic nitrogens is 2. The summed E-state index contributed by atoms with van der Waals surface area (Å²) < 4.78 is 6.48. The van der Waals surface area contributed by atoms with Crippen LogP contribution in [0.2, 0.25) is 0 Å². The van der Waals surface area contributed by atoms with Crippen LogP contribution in [0.15, 0.2) is 60.9 Å². The average Bonchev–Trinajstić information content (AvgIpc) is 3.43. The van der Waals surface area contributed by atoms with Crippen LogP contribution in [-0.2, 0) is 11.3 Å². The van der Waals surface area contributed by atoms with Gasteiger partial charge in [0.2, 0.25) is 0 Å². The normalized spacial score (nSPS) is 11.2. The molecule has 1 aromatic carbocycles. The Morgan fingerprint density at radius 2 is 2.12 bits per heavy atom. The van der Waals surface area contributed by atoms with Crippen molar-refractivity contribution in [2.75, 3.05) is 11.5 Å². The van der Waals surface area contributed by atoms with Crippen LogP contribution in [0.25, 0.3) is 16.3 Å². The fourth-order valence-electron chi connectivity index (χ4n) is 2.95. The molecular formula is C22H18N4O4S2. The van der Waals surface area contributed by atoms with Crippen molar-refractivity contribution in [2.24, 2.45) is 0 Å². The highest BCUT2D eigenvalue weighted by Crippen LogP contribution is 2.33. The highest BCUT2D eigenvalue weighted by atomic mass is 32.1. The van der Waals surface area contributed by atoms with E-state index >= 15 is 0 Å². The van der Waals surface area contributed by atoms with E-state index in [2.05, 4.69) is 9.97 Å². The monoisotopic (exact) mass is 466 g/mol. The molecule has 3 heterocycles. The molecule has 0 bridgehead atoms. The van der Waals surface area contributed by atoms with Gasteiger partial charge in [-0.25, -0.2) is 4.98 Å². The zero-order valence-electron chi connectivity index (χ0n) is 17.0. The minimum atomic E-state index is -0.448. The second-order valence-electron chi connectivity index (χ2n) is 6.61. The number of rotatable bonds is 8. The van der Waals surface area contributed by atoms with Crippen molar-refractivity contribution in [1.29, 1.82) is 0 Å². The molecule has 0 radical (unpaired) electrons. The van der Waals surface area contributed by atoms with Crippen molar-refractivity contribution >= 4 is 55.0 Å². The average molecular weight is 467 g/mol. The maximum Gasteiger partial charge on any atom is 0.324 e. The number of carbonyl (C=O) groups excluding carboxylic acids is 1. The van der Waals surface area contributed by atoms with Crippen molar-refractivity contribution < 1.29 is 14.5 Å². The fraction of sp³-hybridized carbons (Fsp3) is 0.136.